The highest BCUT2D eigenvalue weighted by molar-refractivity contribution is 6.35. The van der Waals surface area contributed by atoms with Crippen LogP contribution in [0.25, 0.3) is 10.9 Å². The van der Waals surface area contributed by atoms with Gasteiger partial charge in [-0.15, -0.1) is 0 Å². The van der Waals surface area contributed by atoms with E-state index in [1.165, 1.54) is 24.3 Å². The van der Waals surface area contributed by atoms with Crippen LogP contribution in [0.3, 0.4) is 0 Å². The van der Waals surface area contributed by atoms with Crippen LogP contribution in [0.15, 0.2) is 29.1 Å². The van der Waals surface area contributed by atoms with E-state index in [2.05, 4.69) is 4.98 Å². The third kappa shape index (κ3) is 1.31. The Morgan fingerprint density at radius 3 is 2.77 bits per heavy atom. The molecule has 0 aliphatic heterocycles. The number of fused-ring (bicyclic) bond motifs is 1. The van der Waals surface area contributed by atoms with Gasteiger partial charge in [-0.25, -0.2) is 4.39 Å². The number of rotatable bonds is 0. The number of benzene rings is 1. The van der Waals surface area contributed by atoms with Crippen LogP contribution in [0.1, 0.15) is 0 Å². The fourth-order valence-corrected chi connectivity index (χ4v) is 1.40. The molecule has 4 heteroatoms. The van der Waals surface area contributed by atoms with Crippen molar-refractivity contribution in [2.75, 3.05) is 0 Å². The van der Waals surface area contributed by atoms with Crippen LogP contribution in [0, 0.1) is 5.82 Å². The number of hydrogen-bond donors (Lipinski definition) is 1. The minimum Gasteiger partial charge on any atom is -0.322 e. The summed E-state index contributed by atoms with van der Waals surface area (Å²) in [4.78, 5) is 13.4. The number of halogens is 2. The number of nitrogens with one attached hydrogen (secondary N) is 1. The van der Waals surface area contributed by atoms with E-state index in [4.69, 9.17) is 11.6 Å². The van der Waals surface area contributed by atoms with Crippen molar-refractivity contribution in [2.45, 2.75) is 0 Å². The van der Waals surface area contributed by atoms with Crippen molar-refractivity contribution in [1.82, 2.24) is 4.98 Å². The molecule has 66 valence electrons. The van der Waals surface area contributed by atoms with Crippen molar-refractivity contribution in [2.24, 2.45) is 0 Å². The van der Waals surface area contributed by atoms with Crippen molar-refractivity contribution in [1.29, 1.82) is 0 Å². The molecule has 0 atom stereocenters. The summed E-state index contributed by atoms with van der Waals surface area (Å²) in [7, 11) is 0. The van der Waals surface area contributed by atoms with Crippen LogP contribution in [0.4, 0.5) is 4.39 Å². The number of pyridine rings is 1. The largest absolute Gasteiger partial charge is 0.322 e. The number of H-pyrrole nitrogens is 1. The van der Waals surface area contributed by atoms with E-state index in [9.17, 15) is 9.18 Å². The topological polar surface area (TPSA) is 32.9 Å². The molecule has 2 aromatic rings. The molecule has 0 bridgehead atoms. The van der Waals surface area contributed by atoms with Gasteiger partial charge < -0.3 is 4.98 Å². The summed E-state index contributed by atoms with van der Waals surface area (Å²) < 4.78 is 12.9. The Bertz CT molecular complexity index is 520. The molecular formula is C9H5ClFNO. The summed E-state index contributed by atoms with van der Waals surface area (Å²) in [6, 6.07) is 5.52. The maximum absolute atomic E-state index is 12.9. The molecule has 0 amide bonds. The van der Waals surface area contributed by atoms with E-state index in [0.717, 1.165) is 0 Å². The number of hydrogen-bond acceptors (Lipinski definition) is 1. The van der Waals surface area contributed by atoms with E-state index in [-0.39, 0.29) is 10.6 Å². The van der Waals surface area contributed by atoms with Crippen molar-refractivity contribution in [3.63, 3.8) is 0 Å². The van der Waals surface area contributed by atoms with Crippen molar-refractivity contribution >= 4 is 22.5 Å². The van der Waals surface area contributed by atoms with Gasteiger partial charge in [0.1, 0.15) is 5.82 Å². The SMILES string of the molecule is O=c1ccc2c(Cl)c(F)ccc2[nH]1. The van der Waals surface area contributed by atoms with E-state index in [1.807, 2.05) is 0 Å². The Hall–Kier alpha value is -1.35. The summed E-state index contributed by atoms with van der Waals surface area (Å²) in [5.74, 6) is -0.485. The Labute approximate surface area is 78.0 Å². The Morgan fingerprint density at radius 2 is 2.00 bits per heavy atom. The van der Waals surface area contributed by atoms with Crippen molar-refractivity contribution < 1.29 is 4.39 Å². The molecule has 2 rings (SSSR count). The molecule has 0 fully saturated rings. The van der Waals surface area contributed by atoms with E-state index < -0.39 is 5.82 Å². The Kier molecular flexibility index (Phi) is 1.81. The highest BCUT2D eigenvalue weighted by Crippen LogP contribution is 2.23. The molecule has 0 aliphatic rings. The molecule has 1 heterocycles. The smallest absolute Gasteiger partial charge is 0.248 e. The lowest BCUT2D eigenvalue weighted by atomic mass is 10.2. The summed E-state index contributed by atoms with van der Waals surface area (Å²) >= 11 is 5.68. The molecule has 1 aromatic carbocycles. The standard InChI is InChI=1S/C9H5ClFNO/c10-9-5-1-4-8(13)12-7(5)3-2-6(9)11/h1-4H,(H,12,13). The van der Waals surface area contributed by atoms with E-state index >= 15 is 0 Å². The molecular weight excluding hydrogens is 193 g/mol. The van der Waals surface area contributed by atoms with Gasteiger partial charge in [-0.1, -0.05) is 11.6 Å². The maximum Gasteiger partial charge on any atom is 0.248 e. The maximum atomic E-state index is 12.9. The molecule has 0 radical (unpaired) electrons. The second kappa shape index (κ2) is 2.85. The zero-order valence-corrected chi connectivity index (χ0v) is 7.23. The molecule has 1 N–H and O–H groups in total. The van der Waals surface area contributed by atoms with Gasteiger partial charge in [0.05, 0.1) is 5.02 Å². The third-order valence-corrected chi connectivity index (χ3v) is 2.18. The Morgan fingerprint density at radius 1 is 1.23 bits per heavy atom. The first-order chi connectivity index (χ1) is 6.18. The zero-order valence-electron chi connectivity index (χ0n) is 6.47. The lowest BCUT2D eigenvalue weighted by Crippen LogP contribution is -2.02. The fraction of sp³-hybridized carbons (Fsp3) is 0. The number of aromatic nitrogens is 1. The van der Waals surface area contributed by atoms with Crippen molar-refractivity contribution in [3.05, 3.63) is 45.5 Å². The third-order valence-electron chi connectivity index (χ3n) is 1.79. The fourth-order valence-electron chi connectivity index (χ4n) is 1.17. The molecule has 0 unspecified atom stereocenters. The molecule has 0 saturated carbocycles. The molecule has 2 nitrogen and oxygen atoms in total. The molecule has 0 aliphatic carbocycles. The average molecular weight is 198 g/mol. The molecule has 13 heavy (non-hydrogen) atoms. The highest BCUT2D eigenvalue weighted by atomic mass is 35.5. The summed E-state index contributed by atoms with van der Waals surface area (Å²) in [6.07, 6.45) is 0. The van der Waals surface area contributed by atoms with Crippen LogP contribution in [-0.2, 0) is 0 Å². The van der Waals surface area contributed by atoms with E-state index in [0.29, 0.717) is 10.9 Å². The summed E-state index contributed by atoms with van der Waals surface area (Å²) in [5, 5.41) is 0.551. The van der Waals surface area contributed by atoms with Gasteiger partial charge in [0, 0.05) is 17.0 Å². The van der Waals surface area contributed by atoms with Crippen LogP contribution in [0.2, 0.25) is 5.02 Å². The van der Waals surface area contributed by atoms with Gasteiger partial charge in [-0.05, 0) is 18.2 Å². The van der Waals surface area contributed by atoms with Gasteiger partial charge >= 0.3 is 0 Å². The van der Waals surface area contributed by atoms with Gasteiger partial charge in [-0.2, -0.15) is 0 Å². The lowest BCUT2D eigenvalue weighted by Gasteiger charge is -1.99. The second-order valence-corrected chi connectivity index (χ2v) is 3.02. The second-order valence-electron chi connectivity index (χ2n) is 2.65. The lowest BCUT2D eigenvalue weighted by molar-refractivity contribution is 0.630. The molecule has 0 spiro atoms. The minimum absolute atomic E-state index is 0.0359. The highest BCUT2D eigenvalue weighted by Gasteiger charge is 2.04. The van der Waals surface area contributed by atoms with Gasteiger partial charge in [0.15, 0.2) is 0 Å². The predicted octanol–water partition coefficient (Wildman–Crippen LogP) is 2.32. The van der Waals surface area contributed by atoms with Crippen LogP contribution in [0.5, 0.6) is 0 Å². The predicted molar refractivity (Wildman–Crippen MR) is 49.5 cm³/mol. The zero-order chi connectivity index (χ0) is 9.42. The quantitative estimate of drug-likeness (QED) is 0.691. The van der Waals surface area contributed by atoms with Gasteiger partial charge in [-0.3, -0.25) is 4.79 Å². The van der Waals surface area contributed by atoms with E-state index in [1.54, 1.807) is 0 Å². The van der Waals surface area contributed by atoms with Crippen molar-refractivity contribution in [3.8, 4) is 0 Å². The summed E-state index contributed by atoms with van der Waals surface area (Å²) in [6.45, 7) is 0. The van der Waals surface area contributed by atoms with Crippen LogP contribution >= 0.6 is 11.6 Å². The monoisotopic (exact) mass is 197 g/mol. The van der Waals surface area contributed by atoms with Crippen LogP contribution in [-0.4, -0.2) is 4.98 Å². The number of aromatic amines is 1. The minimum atomic E-state index is -0.485. The molecule has 1 aromatic heterocycles. The average Bonchev–Trinajstić information content (AvgIpc) is 2.12. The van der Waals surface area contributed by atoms with Gasteiger partial charge in [0.2, 0.25) is 5.56 Å². The van der Waals surface area contributed by atoms with Crippen LogP contribution < -0.4 is 5.56 Å². The first kappa shape index (κ1) is 8.26. The first-order valence-corrected chi connectivity index (χ1v) is 4.03. The normalized spacial score (nSPS) is 10.6. The van der Waals surface area contributed by atoms with Gasteiger partial charge in [0.25, 0.3) is 0 Å². The Balaban J connectivity index is 2.95. The first-order valence-electron chi connectivity index (χ1n) is 3.65. The molecule has 0 saturated heterocycles. The summed E-state index contributed by atoms with van der Waals surface area (Å²) in [5.41, 5.74) is 0.314.